The average Bonchev–Trinajstić information content (AvgIpc) is 3.63. The lowest BCUT2D eigenvalue weighted by atomic mass is 9.92. The number of likely N-dealkylation sites (tertiary alicyclic amines) is 1. The van der Waals surface area contributed by atoms with E-state index in [1.54, 1.807) is 18.3 Å². The molecule has 1 aromatic heterocycles. The van der Waals surface area contributed by atoms with Gasteiger partial charge in [-0.1, -0.05) is 48.0 Å². The number of nitrogens with zero attached hydrogens (tertiary/aromatic N) is 3. The zero-order valence-electron chi connectivity index (χ0n) is 28.1. The van der Waals surface area contributed by atoms with Crippen molar-refractivity contribution in [1.29, 1.82) is 5.26 Å². The fourth-order valence-corrected chi connectivity index (χ4v) is 6.14. The second-order valence-electron chi connectivity index (χ2n) is 12.4. The third-order valence-corrected chi connectivity index (χ3v) is 9.22. The summed E-state index contributed by atoms with van der Waals surface area (Å²) >= 11 is 6.75. The second kappa shape index (κ2) is 17.4. The Hall–Kier alpha value is -3.97. The van der Waals surface area contributed by atoms with Crippen molar-refractivity contribution in [3.8, 4) is 28.7 Å². The van der Waals surface area contributed by atoms with Gasteiger partial charge < -0.3 is 29.5 Å². The molecule has 1 unspecified atom stereocenters. The number of nitriles is 1. The van der Waals surface area contributed by atoms with Crippen LogP contribution in [0.4, 0.5) is 0 Å². The predicted molar refractivity (Wildman–Crippen MR) is 189 cm³/mol. The van der Waals surface area contributed by atoms with Gasteiger partial charge in [0.25, 0.3) is 0 Å². The standard InChI is InChI=1S/C39H45ClN4O4/c1-27(23-45)43-22-34-17-37(40)39(18-38(34)47-24-31-16-30(19-41)20-42-21-31)48-26-33-9-7-11-36(29(33)3)35-10-6-8-32(28(35)2)25-46-15-14-44-12-4-5-13-44/h6-11,16-18,20-21,27,43,45H,4-5,12-15,22-26H2,1-3H3. The van der Waals surface area contributed by atoms with Gasteiger partial charge in [0.05, 0.1) is 30.4 Å². The molecular weight excluding hydrogens is 624 g/mol. The molecule has 0 spiro atoms. The van der Waals surface area contributed by atoms with E-state index >= 15 is 0 Å². The quantitative estimate of drug-likeness (QED) is 0.122. The lowest BCUT2D eigenvalue weighted by Crippen LogP contribution is -2.28. The van der Waals surface area contributed by atoms with E-state index in [4.69, 9.17) is 25.8 Å². The molecule has 5 rings (SSSR count). The third-order valence-electron chi connectivity index (χ3n) is 8.92. The lowest BCUT2D eigenvalue weighted by Gasteiger charge is -2.19. The van der Waals surface area contributed by atoms with Crippen molar-refractivity contribution in [3.63, 3.8) is 0 Å². The van der Waals surface area contributed by atoms with Crippen LogP contribution in [0.15, 0.2) is 67.0 Å². The van der Waals surface area contributed by atoms with Crippen LogP contribution in [0.2, 0.25) is 5.02 Å². The third kappa shape index (κ3) is 9.34. The highest BCUT2D eigenvalue weighted by molar-refractivity contribution is 6.32. The van der Waals surface area contributed by atoms with Gasteiger partial charge in [0.15, 0.2) is 0 Å². The molecule has 0 saturated carbocycles. The van der Waals surface area contributed by atoms with Gasteiger partial charge in [-0.3, -0.25) is 4.98 Å². The monoisotopic (exact) mass is 668 g/mol. The second-order valence-corrected chi connectivity index (χ2v) is 12.8. The van der Waals surface area contributed by atoms with Gasteiger partial charge in [-0.2, -0.15) is 5.26 Å². The molecule has 8 nitrogen and oxygen atoms in total. The summed E-state index contributed by atoms with van der Waals surface area (Å²) in [6.07, 6.45) is 5.78. The molecule has 4 aromatic rings. The highest BCUT2D eigenvalue weighted by atomic mass is 35.5. The summed E-state index contributed by atoms with van der Waals surface area (Å²) in [6.45, 7) is 11.9. The van der Waals surface area contributed by atoms with Gasteiger partial charge in [0.1, 0.15) is 30.8 Å². The Kier molecular flexibility index (Phi) is 12.8. The van der Waals surface area contributed by atoms with E-state index in [1.165, 1.54) is 48.8 Å². The smallest absolute Gasteiger partial charge is 0.142 e. The molecule has 2 N–H and O–H groups in total. The zero-order chi connectivity index (χ0) is 33.9. The van der Waals surface area contributed by atoms with Gasteiger partial charge in [0, 0.05) is 48.7 Å². The van der Waals surface area contributed by atoms with Crippen LogP contribution in [0.3, 0.4) is 0 Å². The van der Waals surface area contributed by atoms with E-state index in [9.17, 15) is 10.4 Å². The van der Waals surface area contributed by atoms with Crippen LogP contribution >= 0.6 is 11.6 Å². The summed E-state index contributed by atoms with van der Waals surface area (Å²) < 4.78 is 18.6. The number of ether oxygens (including phenoxy) is 3. The molecule has 1 saturated heterocycles. The van der Waals surface area contributed by atoms with E-state index in [0.29, 0.717) is 41.8 Å². The largest absolute Gasteiger partial charge is 0.488 e. The maximum Gasteiger partial charge on any atom is 0.142 e. The van der Waals surface area contributed by atoms with E-state index in [1.807, 2.05) is 13.0 Å². The van der Waals surface area contributed by atoms with Crippen LogP contribution < -0.4 is 14.8 Å². The Balaban J connectivity index is 1.30. The maximum atomic E-state index is 9.50. The maximum absolute atomic E-state index is 9.50. The van der Waals surface area contributed by atoms with Gasteiger partial charge >= 0.3 is 0 Å². The first-order valence-electron chi connectivity index (χ1n) is 16.6. The van der Waals surface area contributed by atoms with Crippen molar-refractivity contribution < 1.29 is 19.3 Å². The Morgan fingerprint density at radius 2 is 1.60 bits per heavy atom. The molecular formula is C39H45ClN4O4. The van der Waals surface area contributed by atoms with E-state index in [2.05, 4.69) is 71.5 Å². The van der Waals surface area contributed by atoms with Gasteiger partial charge in [0.2, 0.25) is 0 Å². The van der Waals surface area contributed by atoms with Crippen LogP contribution in [-0.4, -0.2) is 53.9 Å². The molecule has 0 amide bonds. The Morgan fingerprint density at radius 3 is 2.29 bits per heavy atom. The Bertz CT molecular complexity index is 1720. The number of aromatic nitrogens is 1. The van der Waals surface area contributed by atoms with Crippen LogP contribution in [0.5, 0.6) is 11.5 Å². The van der Waals surface area contributed by atoms with Gasteiger partial charge in [-0.05, 0) is 92.2 Å². The number of halogens is 1. The van der Waals surface area contributed by atoms with Crippen molar-refractivity contribution in [3.05, 3.63) is 111 Å². The molecule has 3 aromatic carbocycles. The lowest BCUT2D eigenvalue weighted by molar-refractivity contribution is 0.0990. The first-order valence-corrected chi connectivity index (χ1v) is 17.0. The van der Waals surface area contributed by atoms with Crippen LogP contribution in [0, 0.1) is 25.2 Å². The summed E-state index contributed by atoms with van der Waals surface area (Å²) in [7, 11) is 0. The van der Waals surface area contributed by atoms with Crippen molar-refractivity contribution in [2.45, 2.75) is 66.0 Å². The van der Waals surface area contributed by atoms with Gasteiger partial charge in [-0.15, -0.1) is 0 Å². The fourth-order valence-electron chi connectivity index (χ4n) is 5.90. The Labute approximate surface area is 289 Å². The first-order chi connectivity index (χ1) is 23.4. The number of aliphatic hydroxyl groups excluding tert-OH is 1. The number of aliphatic hydroxyl groups is 1. The number of hydrogen-bond acceptors (Lipinski definition) is 8. The summed E-state index contributed by atoms with van der Waals surface area (Å²) in [5, 5.41) is 22.5. The Morgan fingerprint density at radius 1 is 0.917 bits per heavy atom. The normalized spacial score (nSPS) is 13.8. The highest BCUT2D eigenvalue weighted by Crippen LogP contribution is 2.35. The summed E-state index contributed by atoms with van der Waals surface area (Å²) in [6, 6.07) is 20.1. The molecule has 48 heavy (non-hydrogen) atoms. The molecule has 0 aliphatic carbocycles. The zero-order valence-corrected chi connectivity index (χ0v) is 28.9. The van der Waals surface area contributed by atoms with Crippen LogP contribution in [-0.2, 0) is 31.1 Å². The summed E-state index contributed by atoms with van der Waals surface area (Å²) in [4.78, 5) is 6.61. The van der Waals surface area contributed by atoms with Crippen molar-refractivity contribution >= 4 is 11.6 Å². The number of pyridine rings is 1. The van der Waals surface area contributed by atoms with E-state index < -0.39 is 0 Å². The summed E-state index contributed by atoms with van der Waals surface area (Å²) in [5.41, 5.74) is 9.04. The minimum atomic E-state index is -0.101. The average molecular weight is 669 g/mol. The summed E-state index contributed by atoms with van der Waals surface area (Å²) in [5.74, 6) is 1.10. The first kappa shape index (κ1) is 35.3. The van der Waals surface area contributed by atoms with Crippen LogP contribution in [0.1, 0.15) is 58.7 Å². The fraction of sp³-hybridized carbons (Fsp3) is 0.385. The molecule has 0 bridgehead atoms. The van der Waals surface area contributed by atoms with Crippen molar-refractivity contribution in [2.24, 2.45) is 0 Å². The number of rotatable bonds is 16. The molecule has 2 heterocycles. The van der Waals surface area contributed by atoms with E-state index in [-0.39, 0.29) is 19.3 Å². The molecule has 9 heteroatoms. The van der Waals surface area contributed by atoms with Crippen molar-refractivity contribution in [2.75, 3.05) is 32.8 Å². The molecule has 1 fully saturated rings. The van der Waals surface area contributed by atoms with Gasteiger partial charge in [-0.25, -0.2) is 0 Å². The van der Waals surface area contributed by atoms with Crippen molar-refractivity contribution in [1.82, 2.24) is 15.2 Å². The minimum absolute atomic E-state index is 0.00655. The molecule has 1 aliphatic rings. The molecule has 1 atom stereocenters. The van der Waals surface area contributed by atoms with E-state index in [0.717, 1.165) is 41.0 Å². The topological polar surface area (TPSA) is 99.9 Å². The minimum Gasteiger partial charge on any atom is -0.488 e. The molecule has 1 aliphatic heterocycles. The SMILES string of the molecule is Cc1c(COCCN2CCCC2)cccc1-c1cccc(COc2cc(OCc3cncc(C#N)c3)c(CNC(C)CO)cc2Cl)c1C. The highest BCUT2D eigenvalue weighted by Gasteiger charge is 2.16. The molecule has 0 radical (unpaired) electrons. The molecule has 252 valence electrons. The number of nitrogens with one attached hydrogen (secondary N) is 1. The number of hydrogen-bond donors (Lipinski definition) is 2. The number of benzene rings is 3. The predicted octanol–water partition coefficient (Wildman–Crippen LogP) is 7.13. The van der Waals surface area contributed by atoms with Crippen LogP contribution in [0.25, 0.3) is 11.1 Å².